The fraction of sp³-hybridized carbons (Fsp3) is 0.444. The molecule has 4 nitrogen and oxygen atoms in total. The van der Waals surface area contributed by atoms with Gasteiger partial charge >= 0.3 is 0 Å². The maximum absolute atomic E-state index is 12.4. The van der Waals surface area contributed by atoms with Crippen molar-refractivity contribution in [3.63, 3.8) is 0 Å². The standard InChI is InChI=1S/C18H21F2N3OS2/c1-12-16(25-11-21-12)17(24)22-14-6-8-23(9-7-14)10-13-2-4-15(5-3-13)26-18(19)20/h2-5,11,14,18H,6-10H2,1H3,(H,22,24). The minimum atomic E-state index is -2.39. The lowest BCUT2D eigenvalue weighted by Gasteiger charge is -2.32. The molecule has 1 aliphatic rings. The SMILES string of the molecule is Cc1ncsc1C(=O)NC1CCN(Cc2ccc(SC(F)F)cc2)CC1. The summed E-state index contributed by atoms with van der Waals surface area (Å²) >= 11 is 1.94. The molecule has 1 aliphatic heterocycles. The number of rotatable bonds is 6. The van der Waals surface area contributed by atoms with Crippen LogP contribution in [0.5, 0.6) is 0 Å². The molecule has 2 aromatic rings. The number of nitrogens with zero attached hydrogens (tertiary/aromatic N) is 2. The number of piperidine rings is 1. The summed E-state index contributed by atoms with van der Waals surface area (Å²) in [6.45, 7) is 4.45. The van der Waals surface area contributed by atoms with Crippen molar-refractivity contribution in [1.82, 2.24) is 15.2 Å². The van der Waals surface area contributed by atoms with Gasteiger partial charge in [-0.1, -0.05) is 23.9 Å². The van der Waals surface area contributed by atoms with Gasteiger partial charge in [0.25, 0.3) is 11.7 Å². The van der Waals surface area contributed by atoms with E-state index in [4.69, 9.17) is 0 Å². The topological polar surface area (TPSA) is 45.2 Å². The molecule has 0 atom stereocenters. The van der Waals surface area contributed by atoms with E-state index in [-0.39, 0.29) is 11.9 Å². The number of hydrogen-bond acceptors (Lipinski definition) is 5. The second-order valence-electron chi connectivity index (χ2n) is 6.31. The van der Waals surface area contributed by atoms with Crippen molar-refractivity contribution < 1.29 is 13.6 Å². The highest BCUT2D eigenvalue weighted by atomic mass is 32.2. The fourth-order valence-corrected chi connectivity index (χ4v) is 4.25. The summed E-state index contributed by atoms with van der Waals surface area (Å²) in [5.41, 5.74) is 3.59. The minimum absolute atomic E-state index is 0.0319. The number of alkyl halides is 2. The summed E-state index contributed by atoms with van der Waals surface area (Å²) in [6, 6.07) is 7.49. The van der Waals surface area contributed by atoms with E-state index in [0.29, 0.717) is 21.5 Å². The number of thiazole rings is 1. The lowest BCUT2D eigenvalue weighted by Crippen LogP contribution is -2.44. The normalized spacial score (nSPS) is 16.2. The molecule has 1 aromatic heterocycles. The Bertz CT molecular complexity index is 728. The number of hydrogen-bond donors (Lipinski definition) is 1. The highest BCUT2D eigenvalue weighted by molar-refractivity contribution is 7.99. The average molecular weight is 398 g/mol. The first-order chi connectivity index (χ1) is 12.5. The Morgan fingerprint density at radius 1 is 1.35 bits per heavy atom. The van der Waals surface area contributed by atoms with Crippen LogP contribution >= 0.6 is 23.1 Å². The van der Waals surface area contributed by atoms with Gasteiger partial charge in [0.1, 0.15) is 4.88 Å². The minimum Gasteiger partial charge on any atom is -0.348 e. The molecule has 0 spiro atoms. The van der Waals surface area contributed by atoms with E-state index in [9.17, 15) is 13.6 Å². The monoisotopic (exact) mass is 397 g/mol. The second kappa shape index (κ2) is 8.92. The Morgan fingerprint density at radius 3 is 2.62 bits per heavy atom. The van der Waals surface area contributed by atoms with Crippen molar-refractivity contribution in [3.8, 4) is 0 Å². The molecule has 1 saturated heterocycles. The predicted molar refractivity (Wildman–Crippen MR) is 101 cm³/mol. The van der Waals surface area contributed by atoms with Gasteiger partial charge in [-0.25, -0.2) is 4.98 Å². The van der Waals surface area contributed by atoms with Crippen LogP contribution in [-0.2, 0) is 6.54 Å². The molecule has 0 unspecified atom stereocenters. The molecule has 26 heavy (non-hydrogen) atoms. The first kappa shape index (κ1) is 19.3. The van der Waals surface area contributed by atoms with Crippen molar-refractivity contribution in [2.45, 2.75) is 43.0 Å². The number of carbonyl (C=O) groups is 1. The molecule has 1 amide bonds. The van der Waals surface area contributed by atoms with Crippen LogP contribution in [0, 0.1) is 6.92 Å². The van der Waals surface area contributed by atoms with Crippen molar-refractivity contribution in [3.05, 3.63) is 45.9 Å². The highest BCUT2D eigenvalue weighted by Gasteiger charge is 2.22. The Labute approximate surface area is 160 Å². The first-order valence-corrected chi connectivity index (χ1v) is 10.2. The van der Waals surface area contributed by atoms with Gasteiger partial charge in [-0.3, -0.25) is 9.69 Å². The third kappa shape index (κ3) is 5.25. The molecule has 1 fully saturated rings. The lowest BCUT2D eigenvalue weighted by molar-refractivity contribution is 0.0912. The van der Waals surface area contributed by atoms with E-state index in [0.717, 1.165) is 43.7 Å². The van der Waals surface area contributed by atoms with Gasteiger partial charge in [0, 0.05) is 30.6 Å². The van der Waals surface area contributed by atoms with Gasteiger partial charge in [0.05, 0.1) is 11.2 Å². The molecule has 0 aliphatic carbocycles. The summed E-state index contributed by atoms with van der Waals surface area (Å²) in [5.74, 6) is -2.42. The fourth-order valence-electron chi connectivity index (χ4n) is 3.04. The molecule has 0 bridgehead atoms. The van der Waals surface area contributed by atoms with E-state index in [2.05, 4.69) is 15.2 Å². The third-order valence-electron chi connectivity index (χ3n) is 4.43. The van der Waals surface area contributed by atoms with Crippen LogP contribution in [-0.4, -0.2) is 40.7 Å². The largest absolute Gasteiger partial charge is 0.348 e. The molecule has 2 heterocycles. The van der Waals surface area contributed by atoms with Crippen LogP contribution in [0.2, 0.25) is 0 Å². The first-order valence-electron chi connectivity index (χ1n) is 8.48. The smallest absolute Gasteiger partial charge is 0.288 e. The van der Waals surface area contributed by atoms with E-state index < -0.39 is 5.76 Å². The maximum Gasteiger partial charge on any atom is 0.288 e. The third-order valence-corrected chi connectivity index (χ3v) is 6.08. The number of carbonyl (C=O) groups excluding carboxylic acids is 1. The number of thioether (sulfide) groups is 1. The number of likely N-dealkylation sites (tertiary alicyclic amines) is 1. The highest BCUT2D eigenvalue weighted by Crippen LogP contribution is 2.25. The van der Waals surface area contributed by atoms with Crippen LogP contribution < -0.4 is 5.32 Å². The Balaban J connectivity index is 1.45. The molecular weight excluding hydrogens is 376 g/mol. The van der Waals surface area contributed by atoms with Gasteiger partial charge in [-0.05, 0) is 37.5 Å². The number of amides is 1. The zero-order valence-corrected chi connectivity index (χ0v) is 16.1. The summed E-state index contributed by atoms with van der Waals surface area (Å²) in [7, 11) is 0. The van der Waals surface area contributed by atoms with Gasteiger partial charge < -0.3 is 5.32 Å². The molecule has 1 aromatic carbocycles. The van der Waals surface area contributed by atoms with Crippen molar-refractivity contribution in [2.24, 2.45) is 0 Å². The van der Waals surface area contributed by atoms with E-state index in [1.54, 1.807) is 17.6 Å². The van der Waals surface area contributed by atoms with Crippen molar-refractivity contribution >= 4 is 29.0 Å². The van der Waals surface area contributed by atoms with E-state index in [1.165, 1.54) is 11.3 Å². The average Bonchev–Trinajstić information content (AvgIpc) is 3.04. The molecule has 3 rings (SSSR count). The van der Waals surface area contributed by atoms with Crippen molar-refractivity contribution in [2.75, 3.05) is 13.1 Å². The Morgan fingerprint density at radius 2 is 2.04 bits per heavy atom. The molecule has 1 N–H and O–H groups in total. The number of nitrogens with one attached hydrogen (secondary N) is 1. The number of aryl methyl sites for hydroxylation is 1. The predicted octanol–water partition coefficient (Wildman–Crippen LogP) is 4.16. The van der Waals surface area contributed by atoms with Crippen LogP contribution in [0.15, 0.2) is 34.7 Å². The van der Waals surface area contributed by atoms with Gasteiger partial charge in [0.2, 0.25) is 0 Å². The van der Waals surface area contributed by atoms with Crippen LogP contribution in [0.3, 0.4) is 0 Å². The second-order valence-corrected chi connectivity index (χ2v) is 8.23. The van der Waals surface area contributed by atoms with E-state index >= 15 is 0 Å². The summed E-state index contributed by atoms with van der Waals surface area (Å²) in [5, 5.41) is 3.10. The zero-order chi connectivity index (χ0) is 18.5. The molecule has 140 valence electrons. The van der Waals surface area contributed by atoms with Crippen molar-refractivity contribution in [1.29, 1.82) is 0 Å². The quantitative estimate of drug-likeness (QED) is 0.744. The molecular formula is C18H21F2N3OS2. The lowest BCUT2D eigenvalue weighted by atomic mass is 10.0. The number of halogens is 2. The van der Waals surface area contributed by atoms with Gasteiger partial charge in [-0.15, -0.1) is 11.3 Å². The summed E-state index contributed by atoms with van der Waals surface area (Å²) < 4.78 is 24.7. The molecule has 0 radical (unpaired) electrons. The van der Waals surface area contributed by atoms with Gasteiger partial charge in [-0.2, -0.15) is 8.78 Å². The van der Waals surface area contributed by atoms with Gasteiger partial charge in [0.15, 0.2) is 0 Å². The Hall–Kier alpha value is -1.51. The summed E-state index contributed by atoms with van der Waals surface area (Å²) in [4.78, 5) is 20.0. The van der Waals surface area contributed by atoms with Crippen LogP contribution in [0.25, 0.3) is 0 Å². The summed E-state index contributed by atoms with van der Waals surface area (Å²) in [6.07, 6.45) is 1.81. The van der Waals surface area contributed by atoms with Crippen LogP contribution in [0.4, 0.5) is 8.78 Å². The van der Waals surface area contributed by atoms with E-state index in [1.807, 2.05) is 19.1 Å². The molecule has 0 saturated carbocycles. The molecule has 8 heteroatoms. The maximum atomic E-state index is 12.4. The Kier molecular flexibility index (Phi) is 6.61. The zero-order valence-electron chi connectivity index (χ0n) is 14.5. The number of benzene rings is 1. The number of aromatic nitrogens is 1. The van der Waals surface area contributed by atoms with Crippen LogP contribution in [0.1, 0.15) is 33.8 Å².